The van der Waals surface area contributed by atoms with E-state index in [1.165, 1.54) is 37.9 Å². The van der Waals surface area contributed by atoms with Gasteiger partial charge in [-0.25, -0.2) is 0 Å². The van der Waals surface area contributed by atoms with E-state index >= 15 is 0 Å². The molecule has 0 spiro atoms. The summed E-state index contributed by atoms with van der Waals surface area (Å²) < 4.78 is 5.90. The van der Waals surface area contributed by atoms with E-state index in [2.05, 4.69) is 18.2 Å². The van der Waals surface area contributed by atoms with E-state index in [9.17, 15) is 0 Å². The van der Waals surface area contributed by atoms with Gasteiger partial charge in [0.05, 0.1) is 13.1 Å². The van der Waals surface area contributed by atoms with Gasteiger partial charge in [-0.3, -0.25) is 0 Å². The molecule has 0 atom stereocenters. The highest BCUT2D eigenvalue weighted by molar-refractivity contribution is 5.33. The Morgan fingerprint density at radius 1 is 0.800 bits per heavy atom. The van der Waals surface area contributed by atoms with Crippen LogP contribution in [0, 0.1) is 0 Å². The number of para-hydroxylation sites is 1. The van der Waals surface area contributed by atoms with Crippen molar-refractivity contribution >= 4 is 0 Å². The number of hydrogen-bond acceptors (Lipinski definition) is 1. The number of benzene rings is 2. The van der Waals surface area contributed by atoms with Crippen LogP contribution in [0.1, 0.15) is 24.8 Å². The minimum atomic E-state index is 0.898. The van der Waals surface area contributed by atoms with Crippen LogP contribution >= 0.6 is 0 Å². The van der Waals surface area contributed by atoms with E-state index in [1.807, 2.05) is 36.4 Å². The molecular weight excluding hydrogens is 246 g/mol. The van der Waals surface area contributed by atoms with Crippen molar-refractivity contribution in [3.63, 3.8) is 0 Å². The number of quaternary nitrogens is 1. The highest BCUT2D eigenvalue weighted by Gasteiger charge is 2.14. The molecule has 1 saturated heterocycles. The fourth-order valence-electron chi connectivity index (χ4n) is 2.86. The predicted molar refractivity (Wildman–Crippen MR) is 81.2 cm³/mol. The first-order chi connectivity index (χ1) is 9.90. The second-order valence-electron chi connectivity index (χ2n) is 5.55. The summed E-state index contributed by atoms with van der Waals surface area (Å²) in [6.45, 7) is 3.74. The molecule has 2 aromatic carbocycles. The predicted octanol–water partition coefficient (Wildman–Crippen LogP) is 3.05. The minimum Gasteiger partial charge on any atom is -0.457 e. The van der Waals surface area contributed by atoms with Crippen molar-refractivity contribution in [1.29, 1.82) is 0 Å². The summed E-state index contributed by atoms with van der Waals surface area (Å²) in [7, 11) is 0. The van der Waals surface area contributed by atoms with E-state index in [0.717, 1.165) is 18.0 Å². The molecule has 104 valence electrons. The van der Waals surface area contributed by atoms with Crippen molar-refractivity contribution in [2.24, 2.45) is 0 Å². The Kier molecular flexibility index (Phi) is 4.34. The molecule has 1 aliphatic rings. The zero-order valence-electron chi connectivity index (χ0n) is 11.8. The average molecular weight is 268 g/mol. The molecule has 0 aromatic heterocycles. The molecule has 1 heterocycles. The van der Waals surface area contributed by atoms with Gasteiger partial charge in [0.2, 0.25) is 0 Å². The van der Waals surface area contributed by atoms with E-state index in [0.29, 0.717) is 0 Å². The lowest BCUT2D eigenvalue weighted by molar-refractivity contribution is -0.918. The number of ether oxygens (including phenoxy) is 1. The van der Waals surface area contributed by atoms with Crippen LogP contribution in [0.5, 0.6) is 11.5 Å². The Labute approximate surface area is 121 Å². The normalized spacial score (nSPS) is 16.0. The first-order valence-electron chi connectivity index (χ1n) is 7.55. The molecule has 0 radical (unpaired) electrons. The molecule has 1 aliphatic heterocycles. The summed E-state index contributed by atoms with van der Waals surface area (Å²) in [5, 5.41) is 0. The molecule has 3 rings (SSSR count). The Balaban J connectivity index is 1.66. The third kappa shape index (κ3) is 3.61. The second-order valence-corrected chi connectivity index (χ2v) is 5.55. The third-order valence-corrected chi connectivity index (χ3v) is 3.89. The summed E-state index contributed by atoms with van der Waals surface area (Å²) in [5.74, 6) is 1.83. The Morgan fingerprint density at radius 2 is 1.55 bits per heavy atom. The van der Waals surface area contributed by atoms with Gasteiger partial charge in [-0.05, 0) is 43.5 Å². The molecule has 0 amide bonds. The van der Waals surface area contributed by atoms with Crippen molar-refractivity contribution in [3.8, 4) is 11.5 Å². The summed E-state index contributed by atoms with van der Waals surface area (Å²) >= 11 is 0. The maximum absolute atomic E-state index is 5.90. The lowest BCUT2D eigenvalue weighted by atomic mass is 10.1. The van der Waals surface area contributed by atoms with E-state index in [-0.39, 0.29) is 0 Å². The molecule has 2 heteroatoms. The highest BCUT2D eigenvalue weighted by Crippen LogP contribution is 2.21. The molecule has 2 aromatic rings. The molecule has 2 nitrogen and oxygen atoms in total. The molecule has 20 heavy (non-hydrogen) atoms. The molecule has 0 unspecified atom stereocenters. The number of rotatable bonds is 4. The van der Waals surface area contributed by atoms with E-state index in [1.54, 1.807) is 4.90 Å². The van der Waals surface area contributed by atoms with Gasteiger partial charge in [0, 0.05) is 5.56 Å². The zero-order valence-corrected chi connectivity index (χ0v) is 11.8. The van der Waals surface area contributed by atoms with Gasteiger partial charge in [-0.1, -0.05) is 30.3 Å². The van der Waals surface area contributed by atoms with E-state index in [4.69, 9.17) is 4.74 Å². The van der Waals surface area contributed by atoms with Crippen LogP contribution in [0.25, 0.3) is 0 Å². The van der Waals surface area contributed by atoms with Crippen LogP contribution in [0.15, 0.2) is 54.6 Å². The lowest BCUT2D eigenvalue weighted by Gasteiger charge is -2.23. The van der Waals surface area contributed by atoms with Gasteiger partial charge in [-0.2, -0.15) is 0 Å². The van der Waals surface area contributed by atoms with Crippen molar-refractivity contribution in [2.45, 2.75) is 25.8 Å². The van der Waals surface area contributed by atoms with E-state index < -0.39 is 0 Å². The lowest BCUT2D eigenvalue weighted by Crippen LogP contribution is -3.11. The van der Waals surface area contributed by atoms with Crippen molar-refractivity contribution in [2.75, 3.05) is 13.1 Å². The van der Waals surface area contributed by atoms with Crippen LogP contribution in [-0.2, 0) is 6.54 Å². The molecule has 1 fully saturated rings. The monoisotopic (exact) mass is 268 g/mol. The number of hydrogen-bond donors (Lipinski definition) is 1. The van der Waals surface area contributed by atoms with Crippen molar-refractivity contribution in [3.05, 3.63) is 60.2 Å². The molecule has 0 saturated carbocycles. The first-order valence-corrected chi connectivity index (χ1v) is 7.55. The largest absolute Gasteiger partial charge is 0.457 e. The van der Waals surface area contributed by atoms with Crippen LogP contribution in [-0.4, -0.2) is 13.1 Å². The molecule has 0 bridgehead atoms. The standard InChI is InChI=1S/C18H21NO/c1-3-9-17(10-4-1)20-18-11-7-8-16(14-18)15-19-12-5-2-6-13-19/h1,3-4,7-11,14H,2,5-6,12-13,15H2/p+1. The average Bonchev–Trinajstić information content (AvgIpc) is 2.50. The van der Waals surface area contributed by atoms with Crippen LogP contribution in [0.2, 0.25) is 0 Å². The second kappa shape index (κ2) is 6.58. The summed E-state index contributed by atoms with van der Waals surface area (Å²) in [6.07, 6.45) is 4.14. The highest BCUT2D eigenvalue weighted by atomic mass is 16.5. The van der Waals surface area contributed by atoms with Gasteiger partial charge in [0.15, 0.2) is 0 Å². The fraction of sp³-hybridized carbons (Fsp3) is 0.333. The summed E-state index contributed by atoms with van der Waals surface area (Å²) in [4.78, 5) is 1.70. The van der Waals surface area contributed by atoms with Crippen molar-refractivity contribution < 1.29 is 9.64 Å². The number of likely N-dealkylation sites (tertiary alicyclic amines) is 1. The van der Waals surface area contributed by atoms with Gasteiger partial charge >= 0.3 is 0 Å². The first kappa shape index (κ1) is 13.2. The van der Waals surface area contributed by atoms with Crippen LogP contribution in [0.4, 0.5) is 0 Å². The smallest absolute Gasteiger partial charge is 0.127 e. The maximum atomic E-state index is 5.90. The summed E-state index contributed by atoms with van der Waals surface area (Å²) in [6, 6.07) is 18.5. The third-order valence-electron chi connectivity index (χ3n) is 3.89. The van der Waals surface area contributed by atoms with Gasteiger partial charge < -0.3 is 9.64 Å². The molecule has 1 N–H and O–H groups in total. The van der Waals surface area contributed by atoms with Gasteiger partial charge in [0.25, 0.3) is 0 Å². The number of nitrogens with one attached hydrogen (secondary N) is 1. The SMILES string of the molecule is c1ccc(Oc2cccc(C[NH+]3CCCCC3)c2)cc1. The maximum Gasteiger partial charge on any atom is 0.127 e. The quantitative estimate of drug-likeness (QED) is 0.900. The molecule has 0 aliphatic carbocycles. The Hall–Kier alpha value is -1.80. The number of piperidine rings is 1. The fourth-order valence-corrected chi connectivity index (χ4v) is 2.86. The van der Waals surface area contributed by atoms with Gasteiger partial charge in [-0.15, -0.1) is 0 Å². The zero-order chi connectivity index (χ0) is 13.6. The Morgan fingerprint density at radius 3 is 2.35 bits per heavy atom. The Bertz CT molecular complexity index is 532. The van der Waals surface area contributed by atoms with Crippen LogP contribution in [0.3, 0.4) is 0 Å². The minimum absolute atomic E-state index is 0.898. The summed E-state index contributed by atoms with van der Waals surface area (Å²) in [5.41, 5.74) is 1.37. The topological polar surface area (TPSA) is 13.7 Å². The van der Waals surface area contributed by atoms with Gasteiger partial charge in [0.1, 0.15) is 18.0 Å². The molecular formula is C18H22NO+. The van der Waals surface area contributed by atoms with Crippen molar-refractivity contribution in [1.82, 2.24) is 0 Å². The van der Waals surface area contributed by atoms with Crippen LogP contribution < -0.4 is 9.64 Å².